The van der Waals surface area contributed by atoms with Crippen LogP contribution in [0, 0.1) is 17.0 Å². The number of nitrogens with one attached hydrogen (secondary N) is 1. The van der Waals surface area contributed by atoms with Gasteiger partial charge in [-0.2, -0.15) is 0 Å². The Morgan fingerprint density at radius 3 is 2.51 bits per heavy atom. The van der Waals surface area contributed by atoms with Crippen LogP contribution in [0.2, 0.25) is 0 Å². The van der Waals surface area contributed by atoms with Crippen LogP contribution in [0.4, 0.5) is 11.5 Å². The number of nitro groups is 1. The molecule has 0 radical (unpaired) electrons. The number of benzene rings is 2. The van der Waals surface area contributed by atoms with E-state index >= 15 is 0 Å². The lowest BCUT2D eigenvalue weighted by Gasteiger charge is -2.48. The second-order valence-electron chi connectivity index (χ2n) is 12.2. The number of hydrogen-bond acceptors (Lipinski definition) is 14. The third-order valence-corrected chi connectivity index (χ3v) is 8.56. The second kappa shape index (κ2) is 14.9. The number of amides is 1. The van der Waals surface area contributed by atoms with Crippen molar-refractivity contribution in [3.8, 4) is 0 Å². The van der Waals surface area contributed by atoms with E-state index in [2.05, 4.69) is 10.3 Å². The summed E-state index contributed by atoms with van der Waals surface area (Å²) in [6, 6.07) is 14.3. The molecule has 4 heterocycles. The maximum atomic E-state index is 11.6. The van der Waals surface area contributed by atoms with Crippen molar-refractivity contribution in [1.29, 1.82) is 0 Å². The molecule has 49 heavy (non-hydrogen) atoms. The Balaban J connectivity index is 1.17. The number of anilines is 1. The molecule has 3 aromatic rings. The van der Waals surface area contributed by atoms with Gasteiger partial charge in [-0.25, -0.2) is 0 Å². The van der Waals surface area contributed by atoms with Gasteiger partial charge in [0.2, 0.25) is 12.2 Å². The minimum Gasteiger partial charge on any atom is -0.387 e. The van der Waals surface area contributed by atoms with Crippen molar-refractivity contribution in [3.63, 3.8) is 0 Å². The van der Waals surface area contributed by atoms with Crippen LogP contribution in [0.15, 0.2) is 61.1 Å². The van der Waals surface area contributed by atoms with Crippen LogP contribution in [-0.2, 0) is 46.4 Å². The van der Waals surface area contributed by atoms with E-state index in [1.165, 1.54) is 17.8 Å². The number of imidazole rings is 1. The molecule has 3 saturated heterocycles. The standard InChI is InChI=1S/C32H38N4O13/c1-16-8-9-18(10-20(16)34-17(2)37)13-44-31-26(40)24(38)28(21(46-31)11-35-12-23(33-15-35)36(42)43)49-32-27(41)25(39)29-22(47-32)14-45-30(48-29)19-6-4-3-5-7-19/h3-10,12,15,21-22,24-32,38-41H,11,13-14H2,1-2H3,(H,34,37). The van der Waals surface area contributed by atoms with Crippen molar-refractivity contribution in [2.75, 3.05) is 11.9 Å². The molecular formula is C32H38N4O13. The number of fused-ring (bicyclic) bond motifs is 1. The van der Waals surface area contributed by atoms with Crippen LogP contribution in [0.3, 0.4) is 0 Å². The van der Waals surface area contributed by atoms with Gasteiger partial charge in [-0.05, 0) is 34.0 Å². The summed E-state index contributed by atoms with van der Waals surface area (Å²) in [5.41, 5.74) is 2.75. The maximum Gasteiger partial charge on any atom is 0.381 e. The van der Waals surface area contributed by atoms with E-state index in [1.54, 1.807) is 30.3 Å². The first-order valence-electron chi connectivity index (χ1n) is 15.6. The van der Waals surface area contributed by atoms with Gasteiger partial charge in [-0.3, -0.25) is 4.79 Å². The number of nitrogens with zero attached hydrogens (tertiary/aromatic N) is 3. The van der Waals surface area contributed by atoms with Gasteiger partial charge in [0.1, 0.15) is 55.0 Å². The molecule has 0 saturated carbocycles. The van der Waals surface area contributed by atoms with Crippen molar-refractivity contribution in [2.24, 2.45) is 0 Å². The van der Waals surface area contributed by atoms with Gasteiger partial charge in [-0.15, -0.1) is 0 Å². The van der Waals surface area contributed by atoms with Crippen LogP contribution < -0.4 is 5.32 Å². The first-order chi connectivity index (χ1) is 23.5. The number of carbonyl (C=O) groups is 1. The number of aliphatic hydroxyl groups excluding tert-OH is 4. The molecule has 3 aliphatic heterocycles. The number of carbonyl (C=O) groups excluding carboxylic acids is 1. The topological polar surface area (TPSA) is 226 Å². The van der Waals surface area contributed by atoms with E-state index in [9.17, 15) is 35.3 Å². The summed E-state index contributed by atoms with van der Waals surface area (Å²) in [6.07, 6.45) is -12.2. The van der Waals surface area contributed by atoms with Crippen LogP contribution in [0.25, 0.3) is 0 Å². The number of rotatable bonds is 10. The molecular weight excluding hydrogens is 648 g/mol. The molecule has 5 N–H and O–H groups in total. The molecule has 17 nitrogen and oxygen atoms in total. The van der Waals surface area contributed by atoms with E-state index < -0.39 is 78.4 Å². The number of ether oxygens (including phenoxy) is 6. The molecule has 0 aliphatic carbocycles. The van der Waals surface area contributed by atoms with E-state index in [1.807, 2.05) is 25.1 Å². The Labute approximate surface area is 280 Å². The summed E-state index contributed by atoms with van der Waals surface area (Å²) < 4.78 is 37.0. The van der Waals surface area contributed by atoms with Gasteiger partial charge in [0, 0.05) is 18.2 Å². The molecule has 11 atom stereocenters. The van der Waals surface area contributed by atoms with Crippen molar-refractivity contribution >= 4 is 17.4 Å². The monoisotopic (exact) mass is 686 g/mol. The summed E-state index contributed by atoms with van der Waals surface area (Å²) in [4.78, 5) is 25.9. The van der Waals surface area contributed by atoms with E-state index in [0.29, 0.717) is 16.8 Å². The lowest BCUT2D eigenvalue weighted by Crippen LogP contribution is -2.65. The smallest absolute Gasteiger partial charge is 0.381 e. The molecule has 264 valence electrons. The first kappa shape index (κ1) is 35.0. The van der Waals surface area contributed by atoms with Crippen molar-refractivity contribution in [2.45, 2.75) is 94.7 Å². The number of aliphatic hydroxyl groups is 4. The maximum absolute atomic E-state index is 11.6. The zero-order chi connectivity index (χ0) is 34.8. The molecule has 3 fully saturated rings. The summed E-state index contributed by atoms with van der Waals surface area (Å²) in [7, 11) is 0. The average Bonchev–Trinajstić information content (AvgIpc) is 3.56. The van der Waals surface area contributed by atoms with Crippen molar-refractivity contribution in [1.82, 2.24) is 9.55 Å². The first-order valence-corrected chi connectivity index (χ1v) is 15.6. The second-order valence-corrected chi connectivity index (χ2v) is 12.2. The summed E-state index contributed by atoms with van der Waals surface area (Å²) in [5, 5.41) is 58.6. The van der Waals surface area contributed by atoms with E-state index in [-0.39, 0.29) is 25.7 Å². The summed E-state index contributed by atoms with van der Waals surface area (Å²) in [5.74, 6) is -0.679. The highest BCUT2D eigenvalue weighted by molar-refractivity contribution is 5.89. The van der Waals surface area contributed by atoms with Gasteiger partial charge in [-0.1, -0.05) is 42.5 Å². The Kier molecular flexibility index (Phi) is 10.7. The van der Waals surface area contributed by atoms with Crippen LogP contribution in [-0.4, -0.2) is 109 Å². The largest absolute Gasteiger partial charge is 0.387 e. The summed E-state index contributed by atoms with van der Waals surface area (Å²) in [6.45, 7) is 2.96. The Morgan fingerprint density at radius 1 is 1.04 bits per heavy atom. The van der Waals surface area contributed by atoms with Crippen LogP contribution in [0.1, 0.15) is 29.9 Å². The quantitative estimate of drug-likeness (QED) is 0.146. The summed E-state index contributed by atoms with van der Waals surface area (Å²) >= 11 is 0. The number of hydrogen-bond donors (Lipinski definition) is 5. The molecule has 1 amide bonds. The number of aryl methyl sites for hydroxylation is 1. The van der Waals surface area contributed by atoms with Crippen LogP contribution >= 0.6 is 0 Å². The third kappa shape index (κ3) is 7.81. The minimum absolute atomic E-state index is 0.0130. The predicted molar refractivity (Wildman–Crippen MR) is 165 cm³/mol. The zero-order valence-electron chi connectivity index (χ0n) is 26.6. The molecule has 3 aliphatic rings. The Hall–Kier alpha value is -3.88. The SMILES string of the molecule is CC(=O)Nc1cc(COC2OC(Cn3cnc([N+](=O)[O-])c3)C(OC3OC4COC(c5ccccc5)OC4C(O)C3O)C(O)C2O)ccc1C. The normalized spacial score (nSPS) is 33.1. The van der Waals surface area contributed by atoms with Gasteiger partial charge >= 0.3 is 5.82 Å². The molecule has 17 heteroatoms. The average molecular weight is 687 g/mol. The van der Waals surface area contributed by atoms with Crippen LogP contribution in [0.5, 0.6) is 0 Å². The van der Waals surface area contributed by atoms with Crippen molar-refractivity contribution < 1.29 is 58.6 Å². The fraction of sp³-hybridized carbons (Fsp3) is 0.500. The van der Waals surface area contributed by atoms with Crippen molar-refractivity contribution in [3.05, 3.63) is 87.9 Å². The predicted octanol–water partition coefficient (Wildman–Crippen LogP) is 0.668. The highest BCUT2D eigenvalue weighted by atomic mass is 16.8. The molecule has 6 rings (SSSR count). The van der Waals surface area contributed by atoms with Gasteiger partial charge in [0.05, 0.1) is 19.8 Å². The van der Waals surface area contributed by atoms with Gasteiger partial charge in [0.25, 0.3) is 0 Å². The Bertz CT molecular complexity index is 1610. The molecule has 2 aromatic carbocycles. The fourth-order valence-corrected chi connectivity index (χ4v) is 5.99. The highest BCUT2D eigenvalue weighted by Crippen LogP contribution is 2.36. The molecule has 0 spiro atoms. The molecule has 0 bridgehead atoms. The minimum atomic E-state index is -1.68. The Morgan fingerprint density at radius 2 is 1.80 bits per heavy atom. The fourth-order valence-electron chi connectivity index (χ4n) is 5.99. The molecule has 1 aromatic heterocycles. The lowest BCUT2D eigenvalue weighted by molar-refractivity contribution is -0.389. The third-order valence-electron chi connectivity index (χ3n) is 8.56. The number of aromatic nitrogens is 2. The van der Waals surface area contributed by atoms with E-state index in [4.69, 9.17) is 28.4 Å². The van der Waals surface area contributed by atoms with E-state index in [0.717, 1.165) is 11.8 Å². The zero-order valence-corrected chi connectivity index (χ0v) is 26.6. The van der Waals surface area contributed by atoms with Gasteiger partial charge in [0.15, 0.2) is 18.9 Å². The molecule has 11 unspecified atom stereocenters. The van der Waals surface area contributed by atoms with Gasteiger partial charge < -0.3 is 68.8 Å². The lowest BCUT2D eigenvalue weighted by atomic mass is 9.96. The highest BCUT2D eigenvalue weighted by Gasteiger charge is 2.53.